The van der Waals surface area contributed by atoms with Crippen LogP contribution in [-0.4, -0.2) is 79.3 Å². The van der Waals surface area contributed by atoms with Gasteiger partial charge in [0.25, 0.3) is 0 Å². The number of hydrogen-bond acceptors (Lipinski definition) is 8. The quantitative estimate of drug-likeness (QED) is 0.388. The maximum Gasteiger partial charge on any atom is 0.193 e. The van der Waals surface area contributed by atoms with E-state index in [9.17, 15) is 25.2 Å². The molecule has 0 bridgehead atoms. The van der Waals surface area contributed by atoms with E-state index < -0.39 is 81.4 Å². The highest BCUT2D eigenvalue weighted by molar-refractivity contribution is 6.05. The van der Waals surface area contributed by atoms with Gasteiger partial charge in [0.05, 0.1) is 24.4 Å². The highest BCUT2D eigenvalue weighted by atomic mass is 16.8. The van der Waals surface area contributed by atoms with Crippen LogP contribution < -0.4 is 0 Å². The van der Waals surface area contributed by atoms with Gasteiger partial charge in [0, 0.05) is 29.1 Å². The lowest BCUT2D eigenvalue weighted by Crippen LogP contribution is -2.70. The summed E-state index contributed by atoms with van der Waals surface area (Å²) in [5.41, 5.74) is -6.56. The average molecular weight is 437 g/mol. The summed E-state index contributed by atoms with van der Waals surface area (Å²) in [7, 11) is 0. The Balaban J connectivity index is 1.61. The number of aliphatic hydroxyl groups is 4. The first kappa shape index (κ1) is 20.7. The molecule has 11 atom stereocenters. The van der Waals surface area contributed by atoms with Crippen molar-refractivity contribution in [3.05, 3.63) is 11.6 Å². The molecule has 11 unspecified atom stereocenters. The van der Waals surface area contributed by atoms with Gasteiger partial charge < -0.3 is 34.6 Å². The van der Waals surface area contributed by atoms with Gasteiger partial charge >= 0.3 is 0 Å². The van der Waals surface area contributed by atoms with Gasteiger partial charge in [-0.1, -0.05) is 26.8 Å². The van der Waals surface area contributed by atoms with Crippen LogP contribution in [-0.2, 0) is 19.0 Å². The molecule has 1 spiro atoms. The van der Waals surface area contributed by atoms with Crippen molar-refractivity contribution < 1.29 is 39.4 Å². The van der Waals surface area contributed by atoms with Crippen LogP contribution in [0.4, 0.5) is 0 Å². The number of carbonyl (C=O) groups is 1. The molecule has 8 nitrogen and oxygen atoms in total. The molecule has 5 fully saturated rings. The second kappa shape index (κ2) is 5.12. The first-order valence-corrected chi connectivity index (χ1v) is 11.2. The maximum absolute atomic E-state index is 13.4. The fraction of sp³-hybridized carbons (Fsp3) is 0.870. The van der Waals surface area contributed by atoms with Gasteiger partial charge in [-0.05, 0) is 26.3 Å². The molecular weight excluding hydrogens is 404 g/mol. The van der Waals surface area contributed by atoms with Gasteiger partial charge in [0.1, 0.15) is 17.3 Å². The number of fused-ring (bicyclic) bond motifs is 7. The molecule has 0 amide bonds. The molecule has 2 saturated heterocycles. The summed E-state index contributed by atoms with van der Waals surface area (Å²) in [6.45, 7) is 10.6. The van der Waals surface area contributed by atoms with Crippen molar-refractivity contribution >= 4 is 5.78 Å². The Hall–Kier alpha value is -0.870. The van der Waals surface area contributed by atoms with Crippen LogP contribution in [0.5, 0.6) is 0 Å². The van der Waals surface area contributed by atoms with Gasteiger partial charge in [-0.2, -0.15) is 0 Å². The van der Waals surface area contributed by atoms with Crippen LogP contribution in [0.2, 0.25) is 0 Å². The SMILES string of the molecule is CC1=CC2C(O)(C1=O)C1OC(C)(C)OCC13OC3C1C3C(C)(C)C3(O)C(O)C(C)C12O. The van der Waals surface area contributed by atoms with E-state index in [0.29, 0.717) is 5.57 Å². The number of epoxide rings is 1. The van der Waals surface area contributed by atoms with E-state index in [2.05, 4.69) is 0 Å². The molecule has 0 aromatic heterocycles. The molecular formula is C23H32O8. The number of hydrogen-bond donors (Lipinski definition) is 4. The number of aliphatic hydroxyl groups excluding tert-OH is 1. The Labute approximate surface area is 181 Å². The smallest absolute Gasteiger partial charge is 0.193 e. The van der Waals surface area contributed by atoms with Crippen molar-refractivity contribution in [3.8, 4) is 0 Å². The number of ketones is 1. The summed E-state index contributed by atoms with van der Waals surface area (Å²) in [6.07, 6.45) is -1.22. The Kier molecular flexibility index (Phi) is 3.42. The van der Waals surface area contributed by atoms with E-state index in [4.69, 9.17) is 14.2 Å². The minimum absolute atomic E-state index is 0.103. The number of carbonyl (C=O) groups excluding carboxylic acids is 1. The molecule has 6 aliphatic rings. The van der Waals surface area contributed by atoms with E-state index in [0.717, 1.165) is 0 Å². The normalized spacial score (nSPS) is 62.3. The average Bonchev–Trinajstić information content (AvgIpc) is 3.48. The van der Waals surface area contributed by atoms with E-state index in [1.807, 2.05) is 13.8 Å². The van der Waals surface area contributed by atoms with Crippen molar-refractivity contribution in [2.24, 2.45) is 29.1 Å². The predicted octanol–water partition coefficient (Wildman–Crippen LogP) is -0.0896. The third-order valence-electron chi connectivity index (χ3n) is 9.85. The Morgan fingerprint density at radius 3 is 2.39 bits per heavy atom. The highest BCUT2D eigenvalue weighted by Crippen LogP contribution is 2.78. The highest BCUT2D eigenvalue weighted by Gasteiger charge is 2.91. The van der Waals surface area contributed by atoms with Crippen molar-refractivity contribution in [1.82, 2.24) is 0 Å². The van der Waals surface area contributed by atoms with Crippen LogP contribution in [0, 0.1) is 29.1 Å². The second-order valence-electron chi connectivity index (χ2n) is 11.8. The molecule has 4 aliphatic carbocycles. The van der Waals surface area contributed by atoms with Crippen LogP contribution in [0.3, 0.4) is 0 Å². The molecule has 0 aromatic carbocycles. The molecule has 4 N–H and O–H groups in total. The number of rotatable bonds is 0. The fourth-order valence-electron chi connectivity index (χ4n) is 8.04. The maximum atomic E-state index is 13.4. The third kappa shape index (κ3) is 1.87. The lowest BCUT2D eigenvalue weighted by atomic mass is 9.58. The molecule has 2 heterocycles. The molecule has 0 radical (unpaired) electrons. The van der Waals surface area contributed by atoms with Crippen LogP contribution in [0.15, 0.2) is 11.6 Å². The molecule has 31 heavy (non-hydrogen) atoms. The standard InChI is InChI=1S/C23H32O8/c1-9-7-11-21(26)10(2)15(25)23(28)13(18(23,3)4)12(21)16-20(30-16)8-29-19(5,6)31-17(20)22(11,27)14(9)24/h7,10-13,15-17,25-28H,8H2,1-6H3. The molecule has 172 valence electrons. The fourth-order valence-corrected chi connectivity index (χ4v) is 8.04. The van der Waals surface area contributed by atoms with E-state index in [-0.39, 0.29) is 6.61 Å². The minimum Gasteiger partial charge on any atom is -0.390 e. The molecule has 3 saturated carbocycles. The van der Waals surface area contributed by atoms with Gasteiger partial charge in [0.2, 0.25) is 0 Å². The van der Waals surface area contributed by atoms with E-state index >= 15 is 0 Å². The predicted molar refractivity (Wildman–Crippen MR) is 106 cm³/mol. The van der Waals surface area contributed by atoms with Crippen molar-refractivity contribution in [3.63, 3.8) is 0 Å². The van der Waals surface area contributed by atoms with Crippen molar-refractivity contribution in [2.75, 3.05) is 6.61 Å². The Morgan fingerprint density at radius 1 is 1.10 bits per heavy atom. The zero-order valence-corrected chi connectivity index (χ0v) is 18.7. The molecule has 2 aliphatic heterocycles. The first-order chi connectivity index (χ1) is 14.1. The summed E-state index contributed by atoms with van der Waals surface area (Å²) in [5.74, 6) is -4.46. The lowest BCUT2D eigenvalue weighted by molar-refractivity contribution is -0.329. The Bertz CT molecular complexity index is 942. The summed E-state index contributed by atoms with van der Waals surface area (Å²) >= 11 is 0. The van der Waals surface area contributed by atoms with Crippen LogP contribution >= 0.6 is 0 Å². The third-order valence-corrected chi connectivity index (χ3v) is 9.85. The monoisotopic (exact) mass is 436 g/mol. The first-order valence-electron chi connectivity index (χ1n) is 11.2. The van der Waals surface area contributed by atoms with Crippen molar-refractivity contribution in [2.45, 2.75) is 88.0 Å². The number of ether oxygens (including phenoxy) is 3. The van der Waals surface area contributed by atoms with E-state index in [1.165, 1.54) is 0 Å². The number of Topliss-reactive ketones (excluding diaryl/α,β-unsaturated/α-hetero) is 1. The zero-order valence-electron chi connectivity index (χ0n) is 18.7. The van der Waals surface area contributed by atoms with Crippen LogP contribution in [0.25, 0.3) is 0 Å². The van der Waals surface area contributed by atoms with Gasteiger partial charge in [0.15, 0.2) is 17.2 Å². The van der Waals surface area contributed by atoms with Gasteiger partial charge in [-0.3, -0.25) is 4.79 Å². The van der Waals surface area contributed by atoms with E-state index in [1.54, 1.807) is 33.8 Å². The minimum atomic E-state index is -2.06. The van der Waals surface area contributed by atoms with Crippen molar-refractivity contribution in [1.29, 1.82) is 0 Å². The van der Waals surface area contributed by atoms with Gasteiger partial charge in [-0.25, -0.2) is 0 Å². The molecule has 8 heteroatoms. The molecule has 6 rings (SSSR count). The summed E-state index contributed by atoms with van der Waals surface area (Å²) < 4.78 is 18.3. The summed E-state index contributed by atoms with van der Waals surface area (Å²) in [4.78, 5) is 13.4. The summed E-state index contributed by atoms with van der Waals surface area (Å²) in [5, 5.41) is 47.1. The van der Waals surface area contributed by atoms with Gasteiger partial charge in [-0.15, -0.1) is 0 Å². The zero-order chi connectivity index (χ0) is 22.7. The Morgan fingerprint density at radius 2 is 1.74 bits per heavy atom. The lowest BCUT2D eigenvalue weighted by Gasteiger charge is -2.53. The second-order valence-corrected chi connectivity index (χ2v) is 11.8. The topological polar surface area (TPSA) is 129 Å². The van der Waals surface area contributed by atoms with Crippen LogP contribution in [0.1, 0.15) is 41.5 Å². The molecule has 0 aromatic rings. The summed E-state index contributed by atoms with van der Waals surface area (Å²) in [6, 6.07) is 0. The largest absolute Gasteiger partial charge is 0.390 e.